The first-order chi connectivity index (χ1) is 10.1. The summed E-state index contributed by atoms with van der Waals surface area (Å²) in [6.45, 7) is 0.790. The zero-order valence-corrected chi connectivity index (χ0v) is 11.8. The van der Waals surface area contributed by atoms with E-state index in [2.05, 4.69) is 15.3 Å². The standard InChI is InChI=1S/C14H13ClN4O2/c15-10-2-1-3-11(6-10)17-13-16-7-9-8-19(14(20)21)5-4-12(9)18-13/h1-3,6-7H,4-5,8H2,(H,20,21)(H,16,17,18). The largest absolute Gasteiger partial charge is 0.465 e. The average Bonchev–Trinajstić information content (AvgIpc) is 2.46. The average molecular weight is 305 g/mol. The summed E-state index contributed by atoms with van der Waals surface area (Å²) in [5.41, 5.74) is 2.54. The number of hydrogen-bond acceptors (Lipinski definition) is 4. The number of amides is 1. The predicted octanol–water partition coefficient (Wildman–Crippen LogP) is 2.91. The lowest BCUT2D eigenvalue weighted by Crippen LogP contribution is -2.35. The van der Waals surface area contributed by atoms with Gasteiger partial charge in [0, 0.05) is 35.4 Å². The Morgan fingerprint density at radius 2 is 2.29 bits per heavy atom. The van der Waals surface area contributed by atoms with Crippen LogP contribution in [0.15, 0.2) is 30.5 Å². The highest BCUT2D eigenvalue weighted by Crippen LogP contribution is 2.21. The number of halogens is 1. The van der Waals surface area contributed by atoms with Crippen LogP contribution < -0.4 is 5.32 Å². The van der Waals surface area contributed by atoms with Gasteiger partial charge in [0.05, 0.1) is 12.2 Å². The van der Waals surface area contributed by atoms with Gasteiger partial charge >= 0.3 is 6.09 Å². The molecule has 3 rings (SSSR count). The first kappa shape index (κ1) is 13.6. The highest BCUT2D eigenvalue weighted by Gasteiger charge is 2.21. The number of hydrogen-bond donors (Lipinski definition) is 2. The molecule has 21 heavy (non-hydrogen) atoms. The van der Waals surface area contributed by atoms with Crippen molar-refractivity contribution in [3.8, 4) is 0 Å². The Bertz CT molecular complexity index is 692. The summed E-state index contributed by atoms with van der Waals surface area (Å²) in [6.07, 6.45) is 1.35. The van der Waals surface area contributed by atoms with Crippen molar-refractivity contribution in [2.45, 2.75) is 13.0 Å². The van der Waals surface area contributed by atoms with Crippen molar-refractivity contribution in [1.82, 2.24) is 14.9 Å². The summed E-state index contributed by atoms with van der Waals surface area (Å²) in [5.74, 6) is 0.486. The number of carbonyl (C=O) groups is 1. The second kappa shape index (κ2) is 5.57. The summed E-state index contributed by atoms with van der Waals surface area (Å²) < 4.78 is 0. The molecule has 0 radical (unpaired) electrons. The predicted molar refractivity (Wildman–Crippen MR) is 78.9 cm³/mol. The fourth-order valence-corrected chi connectivity index (χ4v) is 2.43. The Morgan fingerprint density at radius 3 is 3.05 bits per heavy atom. The summed E-state index contributed by atoms with van der Waals surface area (Å²) in [6, 6.07) is 7.30. The van der Waals surface area contributed by atoms with Gasteiger partial charge in [-0.25, -0.2) is 14.8 Å². The van der Waals surface area contributed by atoms with E-state index in [9.17, 15) is 4.79 Å². The maximum atomic E-state index is 11.0. The van der Waals surface area contributed by atoms with E-state index < -0.39 is 6.09 Å². The Labute approximate surface area is 126 Å². The first-order valence-corrected chi connectivity index (χ1v) is 6.85. The minimum absolute atomic E-state index is 0.335. The Morgan fingerprint density at radius 1 is 1.43 bits per heavy atom. The number of anilines is 2. The van der Waals surface area contributed by atoms with Gasteiger partial charge in [-0.3, -0.25) is 0 Å². The minimum atomic E-state index is -0.915. The lowest BCUT2D eigenvalue weighted by atomic mass is 10.1. The van der Waals surface area contributed by atoms with Gasteiger partial charge in [-0.05, 0) is 18.2 Å². The van der Waals surface area contributed by atoms with Crippen molar-refractivity contribution < 1.29 is 9.90 Å². The van der Waals surface area contributed by atoms with Gasteiger partial charge in [-0.15, -0.1) is 0 Å². The fourth-order valence-electron chi connectivity index (χ4n) is 2.23. The third-order valence-electron chi connectivity index (χ3n) is 3.29. The van der Waals surface area contributed by atoms with E-state index in [0.717, 1.165) is 16.9 Å². The van der Waals surface area contributed by atoms with E-state index >= 15 is 0 Å². The SMILES string of the molecule is O=C(O)N1CCc2nc(Nc3cccc(Cl)c3)ncc2C1. The Kier molecular flexibility index (Phi) is 3.62. The van der Waals surface area contributed by atoms with Gasteiger partial charge in [0.25, 0.3) is 0 Å². The minimum Gasteiger partial charge on any atom is -0.465 e. The number of fused-ring (bicyclic) bond motifs is 1. The zero-order valence-electron chi connectivity index (χ0n) is 11.1. The van der Waals surface area contributed by atoms with Crippen molar-refractivity contribution in [2.75, 3.05) is 11.9 Å². The van der Waals surface area contributed by atoms with Crippen LogP contribution in [0.25, 0.3) is 0 Å². The van der Waals surface area contributed by atoms with Crippen LogP contribution in [0.1, 0.15) is 11.3 Å². The molecule has 0 atom stereocenters. The van der Waals surface area contributed by atoms with Gasteiger partial charge in [0.2, 0.25) is 5.95 Å². The molecule has 0 saturated heterocycles. The van der Waals surface area contributed by atoms with E-state index in [1.54, 1.807) is 18.3 Å². The molecule has 0 unspecified atom stereocenters. The van der Waals surface area contributed by atoms with E-state index in [0.29, 0.717) is 30.5 Å². The smallest absolute Gasteiger partial charge is 0.407 e. The van der Waals surface area contributed by atoms with Crippen molar-refractivity contribution in [3.05, 3.63) is 46.7 Å². The number of nitrogens with one attached hydrogen (secondary N) is 1. The van der Waals surface area contributed by atoms with Crippen LogP contribution in [0.5, 0.6) is 0 Å². The van der Waals surface area contributed by atoms with Crippen LogP contribution >= 0.6 is 11.6 Å². The maximum absolute atomic E-state index is 11.0. The molecule has 108 valence electrons. The van der Waals surface area contributed by atoms with Crippen LogP contribution in [0.2, 0.25) is 5.02 Å². The molecule has 2 aromatic rings. The Hall–Kier alpha value is -2.34. The molecule has 1 amide bonds. The monoisotopic (exact) mass is 304 g/mol. The number of rotatable bonds is 2. The molecule has 0 bridgehead atoms. The molecule has 0 spiro atoms. The molecular weight excluding hydrogens is 292 g/mol. The van der Waals surface area contributed by atoms with Crippen LogP contribution in [-0.2, 0) is 13.0 Å². The Balaban J connectivity index is 1.79. The molecule has 0 saturated carbocycles. The first-order valence-electron chi connectivity index (χ1n) is 6.47. The van der Waals surface area contributed by atoms with Crippen molar-refractivity contribution in [1.29, 1.82) is 0 Å². The van der Waals surface area contributed by atoms with Crippen LogP contribution in [0, 0.1) is 0 Å². The van der Waals surface area contributed by atoms with Crippen LogP contribution in [0.3, 0.4) is 0 Å². The molecule has 1 aromatic heterocycles. The topological polar surface area (TPSA) is 78.3 Å². The molecule has 0 aliphatic carbocycles. The van der Waals surface area contributed by atoms with Crippen LogP contribution in [0.4, 0.5) is 16.4 Å². The van der Waals surface area contributed by atoms with Gasteiger partial charge in [-0.1, -0.05) is 17.7 Å². The van der Waals surface area contributed by atoms with Crippen molar-refractivity contribution in [3.63, 3.8) is 0 Å². The molecule has 1 aromatic carbocycles. The van der Waals surface area contributed by atoms with E-state index in [1.807, 2.05) is 12.1 Å². The summed E-state index contributed by atoms with van der Waals surface area (Å²) in [7, 11) is 0. The molecule has 0 fully saturated rings. The number of nitrogens with zero attached hydrogens (tertiary/aromatic N) is 3. The van der Waals surface area contributed by atoms with Gasteiger partial charge in [0.15, 0.2) is 0 Å². The summed E-state index contributed by atoms with van der Waals surface area (Å²) >= 11 is 5.93. The summed E-state index contributed by atoms with van der Waals surface area (Å²) in [4.78, 5) is 21.0. The highest BCUT2D eigenvalue weighted by molar-refractivity contribution is 6.30. The second-order valence-electron chi connectivity index (χ2n) is 4.76. The van der Waals surface area contributed by atoms with E-state index in [1.165, 1.54) is 4.90 Å². The van der Waals surface area contributed by atoms with E-state index in [-0.39, 0.29) is 0 Å². The van der Waals surface area contributed by atoms with E-state index in [4.69, 9.17) is 16.7 Å². The maximum Gasteiger partial charge on any atom is 0.407 e. The lowest BCUT2D eigenvalue weighted by Gasteiger charge is -2.25. The van der Waals surface area contributed by atoms with Gasteiger partial charge in [-0.2, -0.15) is 0 Å². The molecule has 2 N–H and O–H groups in total. The molecule has 2 heterocycles. The summed E-state index contributed by atoms with van der Waals surface area (Å²) in [5, 5.41) is 12.7. The second-order valence-corrected chi connectivity index (χ2v) is 5.19. The zero-order chi connectivity index (χ0) is 14.8. The molecular formula is C14H13ClN4O2. The number of aromatic nitrogens is 2. The van der Waals surface area contributed by atoms with Crippen molar-refractivity contribution in [2.24, 2.45) is 0 Å². The quantitative estimate of drug-likeness (QED) is 0.892. The molecule has 6 nitrogen and oxygen atoms in total. The number of carboxylic acid groups (broad SMARTS) is 1. The molecule has 1 aliphatic heterocycles. The molecule has 7 heteroatoms. The van der Waals surface area contributed by atoms with Crippen molar-refractivity contribution >= 4 is 29.3 Å². The van der Waals surface area contributed by atoms with Crippen LogP contribution in [-0.4, -0.2) is 32.6 Å². The molecule has 1 aliphatic rings. The van der Waals surface area contributed by atoms with Gasteiger partial charge < -0.3 is 15.3 Å². The third kappa shape index (κ3) is 3.05. The number of benzene rings is 1. The third-order valence-corrected chi connectivity index (χ3v) is 3.52. The highest BCUT2D eigenvalue weighted by atomic mass is 35.5. The van der Waals surface area contributed by atoms with Gasteiger partial charge in [0.1, 0.15) is 0 Å². The lowest BCUT2D eigenvalue weighted by molar-refractivity contribution is 0.139. The normalized spacial score (nSPS) is 13.7. The fraction of sp³-hybridized carbons (Fsp3) is 0.214.